The van der Waals surface area contributed by atoms with Gasteiger partial charge in [-0.2, -0.15) is 0 Å². The van der Waals surface area contributed by atoms with Gasteiger partial charge in [-0.15, -0.1) is 24.0 Å². The smallest absolute Gasteiger partial charge is 0.193 e. The summed E-state index contributed by atoms with van der Waals surface area (Å²) in [5, 5.41) is 8.41. The van der Waals surface area contributed by atoms with Crippen molar-refractivity contribution in [2.24, 2.45) is 4.99 Å². The molecule has 1 aromatic heterocycles. The van der Waals surface area contributed by atoms with E-state index >= 15 is 0 Å². The first-order chi connectivity index (χ1) is 15.2. The first-order valence-corrected chi connectivity index (χ1v) is 11.2. The van der Waals surface area contributed by atoms with Gasteiger partial charge >= 0.3 is 0 Å². The van der Waals surface area contributed by atoms with Crippen LogP contribution in [0.2, 0.25) is 5.02 Å². The highest BCUT2D eigenvalue weighted by atomic mass is 127. The zero-order valence-electron chi connectivity index (χ0n) is 18.5. The molecule has 0 radical (unpaired) electrons. The van der Waals surface area contributed by atoms with E-state index in [-0.39, 0.29) is 30.0 Å². The van der Waals surface area contributed by atoms with Crippen molar-refractivity contribution in [3.8, 4) is 0 Å². The van der Waals surface area contributed by atoms with E-state index in [4.69, 9.17) is 20.9 Å². The minimum absolute atomic E-state index is 0. The summed E-state index contributed by atoms with van der Waals surface area (Å²) in [7, 11) is 1.85. The number of morpholine rings is 1. The highest BCUT2D eigenvalue weighted by molar-refractivity contribution is 14.0. The van der Waals surface area contributed by atoms with Gasteiger partial charge in [0, 0.05) is 70.5 Å². The van der Waals surface area contributed by atoms with Crippen LogP contribution in [-0.4, -0.2) is 91.9 Å². The number of nitrogens with zero attached hydrogens (tertiary/aromatic N) is 5. The summed E-state index contributed by atoms with van der Waals surface area (Å²) in [6.45, 7) is 8.74. The van der Waals surface area contributed by atoms with Gasteiger partial charge in [-0.1, -0.05) is 28.9 Å². The zero-order valence-corrected chi connectivity index (χ0v) is 21.5. The van der Waals surface area contributed by atoms with Crippen molar-refractivity contribution in [3.05, 3.63) is 52.9 Å². The van der Waals surface area contributed by atoms with Gasteiger partial charge in [0.05, 0.1) is 24.9 Å². The Balaban J connectivity index is 0.00000289. The molecule has 2 fully saturated rings. The predicted octanol–water partition coefficient (Wildman–Crippen LogP) is 2.71. The van der Waals surface area contributed by atoms with E-state index in [2.05, 4.69) is 42.3 Å². The van der Waals surface area contributed by atoms with E-state index in [1.807, 2.05) is 25.2 Å². The topological polar surface area (TPSA) is 69.4 Å². The summed E-state index contributed by atoms with van der Waals surface area (Å²) >= 11 is 6.29. The first-order valence-electron chi connectivity index (χ1n) is 10.9. The molecule has 0 spiro atoms. The van der Waals surface area contributed by atoms with Crippen molar-refractivity contribution < 1.29 is 9.26 Å². The molecule has 0 amide bonds. The van der Waals surface area contributed by atoms with Crippen LogP contribution in [0.4, 0.5) is 0 Å². The van der Waals surface area contributed by atoms with Gasteiger partial charge in [-0.05, 0) is 17.7 Å². The molecule has 1 atom stereocenters. The Hall–Kier alpha value is -1.40. The SMILES string of the molecule is CN=C(NCC(c1cccc(Cl)c1)N1CCOCC1)N1CCN(Cc2ccon2)CC1.I. The number of aliphatic imine (C=N–C) groups is 1. The van der Waals surface area contributed by atoms with Gasteiger partial charge < -0.3 is 19.5 Å². The molecular weight excluding hydrogens is 543 g/mol. The number of piperazine rings is 1. The number of halogens is 2. The molecule has 1 unspecified atom stereocenters. The molecule has 32 heavy (non-hydrogen) atoms. The third-order valence-corrected chi connectivity index (χ3v) is 6.17. The van der Waals surface area contributed by atoms with Crippen LogP contribution < -0.4 is 5.32 Å². The molecule has 10 heteroatoms. The zero-order chi connectivity index (χ0) is 21.5. The van der Waals surface area contributed by atoms with Crippen LogP contribution in [0.3, 0.4) is 0 Å². The molecule has 2 aromatic rings. The number of ether oxygens (including phenoxy) is 1. The minimum atomic E-state index is 0. The van der Waals surface area contributed by atoms with E-state index in [0.717, 1.165) is 82.2 Å². The van der Waals surface area contributed by atoms with Gasteiger partial charge in [-0.25, -0.2) is 0 Å². The molecule has 2 aliphatic rings. The van der Waals surface area contributed by atoms with Gasteiger partial charge in [0.25, 0.3) is 0 Å². The average Bonchev–Trinajstić information content (AvgIpc) is 3.31. The van der Waals surface area contributed by atoms with Crippen LogP contribution in [0.5, 0.6) is 0 Å². The molecule has 8 nitrogen and oxygen atoms in total. The highest BCUT2D eigenvalue weighted by Crippen LogP contribution is 2.24. The van der Waals surface area contributed by atoms with Crippen LogP contribution in [0, 0.1) is 0 Å². The summed E-state index contributed by atoms with van der Waals surface area (Å²) < 4.78 is 10.5. The lowest BCUT2D eigenvalue weighted by Crippen LogP contribution is -2.53. The fourth-order valence-electron chi connectivity index (χ4n) is 4.25. The molecule has 1 aromatic carbocycles. The van der Waals surface area contributed by atoms with Crippen molar-refractivity contribution in [2.45, 2.75) is 12.6 Å². The molecule has 0 aliphatic carbocycles. The van der Waals surface area contributed by atoms with Gasteiger partial charge in [0.1, 0.15) is 6.26 Å². The monoisotopic (exact) mass is 574 g/mol. The second-order valence-electron chi connectivity index (χ2n) is 7.90. The van der Waals surface area contributed by atoms with E-state index < -0.39 is 0 Å². The van der Waals surface area contributed by atoms with E-state index in [9.17, 15) is 0 Å². The normalized spacial score (nSPS) is 19.4. The number of nitrogens with one attached hydrogen (secondary N) is 1. The number of hydrogen-bond acceptors (Lipinski definition) is 6. The molecule has 2 aliphatic heterocycles. The summed E-state index contributed by atoms with van der Waals surface area (Å²) in [6.07, 6.45) is 1.63. The fourth-order valence-corrected chi connectivity index (χ4v) is 4.45. The first kappa shape index (κ1) is 25.2. The lowest BCUT2D eigenvalue weighted by Gasteiger charge is -2.38. The maximum absolute atomic E-state index is 6.29. The molecule has 4 rings (SSSR count). The second kappa shape index (κ2) is 12.7. The van der Waals surface area contributed by atoms with Gasteiger partial charge in [-0.3, -0.25) is 14.8 Å². The number of guanidine groups is 1. The van der Waals surface area contributed by atoms with Crippen molar-refractivity contribution in [3.63, 3.8) is 0 Å². The lowest BCUT2D eigenvalue weighted by atomic mass is 10.0. The Kier molecular flexibility index (Phi) is 10.0. The Morgan fingerprint density at radius 1 is 1.16 bits per heavy atom. The number of aromatic nitrogens is 1. The Bertz CT molecular complexity index is 839. The molecule has 1 N–H and O–H groups in total. The van der Waals surface area contributed by atoms with Crippen molar-refractivity contribution >= 4 is 41.5 Å². The van der Waals surface area contributed by atoms with Crippen LogP contribution in [-0.2, 0) is 11.3 Å². The van der Waals surface area contributed by atoms with Crippen molar-refractivity contribution in [1.29, 1.82) is 0 Å². The minimum Gasteiger partial charge on any atom is -0.379 e. The predicted molar refractivity (Wildman–Crippen MR) is 137 cm³/mol. The van der Waals surface area contributed by atoms with E-state index in [0.29, 0.717) is 0 Å². The van der Waals surface area contributed by atoms with Crippen LogP contribution in [0.25, 0.3) is 0 Å². The Morgan fingerprint density at radius 2 is 1.94 bits per heavy atom. The Labute approximate surface area is 211 Å². The van der Waals surface area contributed by atoms with E-state index in [1.165, 1.54) is 5.56 Å². The molecule has 0 saturated carbocycles. The van der Waals surface area contributed by atoms with Crippen molar-refractivity contribution in [1.82, 2.24) is 25.2 Å². The molecular formula is C22H32ClIN6O2. The third-order valence-electron chi connectivity index (χ3n) is 5.93. The summed E-state index contributed by atoms with van der Waals surface area (Å²) in [5.74, 6) is 0.946. The third kappa shape index (κ3) is 6.80. The number of hydrogen-bond donors (Lipinski definition) is 1. The van der Waals surface area contributed by atoms with Crippen molar-refractivity contribution in [2.75, 3.05) is 66.1 Å². The number of rotatable bonds is 6. The fraction of sp³-hybridized carbons (Fsp3) is 0.545. The van der Waals surface area contributed by atoms with Crippen LogP contribution >= 0.6 is 35.6 Å². The Morgan fingerprint density at radius 3 is 2.59 bits per heavy atom. The molecule has 2 saturated heterocycles. The largest absolute Gasteiger partial charge is 0.379 e. The summed E-state index contributed by atoms with van der Waals surface area (Å²) in [6, 6.07) is 10.3. The van der Waals surface area contributed by atoms with Gasteiger partial charge in [0.15, 0.2) is 5.96 Å². The molecule has 176 valence electrons. The second-order valence-corrected chi connectivity index (χ2v) is 8.34. The van der Waals surface area contributed by atoms with Crippen LogP contribution in [0.1, 0.15) is 17.3 Å². The maximum atomic E-state index is 6.29. The van der Waals surface area contributed by atoms with Crippen LogP contribution in [0.15, 0.2) is 46.1 Å². The number of benzene rings is 1. The quantitative estimate of drug-likeness (QED) is 0.323. The standard InChI is InChI=1S/C22H31ClN6O2.HI/c1-24-22(29-8-6-27(7-9-29)17-20-5-12-31-26-20)25-16-21(28-10-13-30-14-11-28)18-3-2-4-19(23)15-18;/h2-5,12,15,21H,6-11,13-14,16-17H2,1H3,(H,24,25);1H. The maximum Gasteiger partial charge on any atom is 0.193 e. The summed E-state index contributed by atoms with van der Waals surface area (Å²) in [4.78, 5) is 11.7. The molecule has 3 heterocycles. The highest BCUT2D eigenvalue weighted by Gasteiger charge is 2.25. The lowest BCUT2D eigenvalue weighted by molar-refractivity contribution is 0.0168. The summed E-state index contributed by atoms with van der Waals surface area (Å²) in [5.41, 5.74) is 2.20. The average molecular weight is 575 g/mol. The van der Waals surface area contributed by atoms with E-state index in [1.54, 1.807) is 6.26 Å². The molecule has 0 bridgehead atoms. The van der Waals surface area contributed by atoms with Gasteiger partial charge in [0.2, 0.25) is 0 Å².